The fraction of sp³-hybridized carbons (Fsp3) is 0.400. The first kappa shape index (κ1) is 17.3. The van der Waals surface area contributed by atoms with Crippen molar-refractivity contribution >= 4 is 5.91 Å². The van der Waals surface area contributed by atoms with E-state index in [0.29, 0.717) is 31.0 Å². The van der Waals surface area contributed by atoms with Gasteiger partial charge in [0.2, 0.25) is 5.91 Å². The number of likely N-dealkylation sites (tertiary alicyclic amines) is 1. The summed E-state index contributed by atoms with van der Waals surface area (Å²) >= 11 is 0. The minimum absolute atomic E-state index is 0.0178. The summed E-state index contributed by atoms with van der Waals surface area (Å²) in [7, 11) is 0. The van der Waals surface area contributed by atoms with Crippen LogP contribution in [0.15, 0.2) is 45.6 Å². The molecule has 5 nitrogen and oxygen atoms in total. The van der Waals surface area contributed by atoms with Gasteiger partial charge in [-0.05, 0) is 19.4 Å². The molecule has 0 spiro atoms. The lowest BCUT2D eigenvalue weighted by atomic mass is 10.0. The van der Waals surface area contributed by atoms with Gasteiger partial charge in [0.25, 0.3) is 0 Å². The second kappa shape index (κ2) is 7.55. The number of piperidine rings is 1. The van der Waals surface area contributed by atoms with E-state index in [9.17, 15) is 9.59 Å². The quantitative estimate of drug-likeness (QED) is 0.858. The van der Waals surface area contributed by atoms with Crippen LogP contribution in [0.5, 0.6) is 5.75 Å². The van der Waals surface area contributed by atoms with Crippen LogP contribution in [0.1, 0.15) is 29.7 Å². The number of carbonyl (C=O) groups is 1. The van der Waals surface area contributed by atoms with Gasteiger partial charge in [-0.3, -0.25) is 4.79 Å². The van der Waals surface area contributed by atoms with E-state index in [1.807, 2.05) is 30.0 Å². The molecule has 1 fully saturated rings. The maximum Gasteiger partial charge on any atom is 0.339 e. The van der Waals surface area contributed by atoms with Crippen molar-refractivity contribution in [1.82, 2.24) is 4.90 Å². The molecule has 2 aromatic rings. The Labute approximate surface area is 147 Å². The number of rotatable bonds is 4. The van der Waals surface area contributed by atoms with Crippen molar-refractivity contribution in [1.29, 1.82) is 0 Å². The van der Waals surface area contributed by atoms with Crippen LogP contribution in [0.4, 0.5) is 0 Å². The van der Waals surface area contributed by atoms with Gasteiger partial charge in [-0.1, -0.05) is 29.8 Å². The zero-order chi connectivity index (χ0) is 17.8. The van der Waals surface area contributed by atoms with Crippen LogP contribution in [0, 0.1) is 13.8 Å². The molecular weight excluding hydrogens is 318 g/mol. The van der Waals surface area contributed by atoms with Crippen LogP contribution in [0.3, 0.4) is 0 Å². The van der Waals surface area contributed by atoms with E-state index in [1.54, 1.807) is 13.0 Å². The lowest BCUT2D eigenvalue weighted by Crippen LogP contribution is -2.42. The molecule has 0 saturated carbocycles. The number of benzene rings is 1. The maximum absolute atomic E-state index is 12.5. The van der Waals surface area contributed by atoms with Crippen LogP contribution in [-0.4, -0.2) is 30.0 Å². The van der Waals surface area contributed by atoms with Crippen molar-refractivity contribution in [3.05, 3.63) is 63.7 Å². The highest BCUT2D eigenvalue weighted by Gasteiger charge is 2.24. The predicted octanol–water partition coefficient (Wildman–Crippen LogP) is 2.87. The number of hydrogen-bond donors (Lipinski definition) is 0. The highest BCUT2D eigenvalue weighted by Crippen LogP contribution is 2.19. The van der Waals surface area contributed by atoms with Gasteiger partial charge in [-0.15, -0.1) is 0 Å². The molecule has 1 aromatic carbocycles. The lowest BCUT2D eigenvalue weighted by molar-refractivity contribution is -0.132. The minimum atomic E-state index is -0.402. The Morgan fingerprint density at radius 2 is 1.96 bits per heavy atom. The first-order valence-corrected chi connectivity index (χ1v) is 8.61. The minimum Gasteiger partial charge on any atom is -0.490 e. The number of nitrogens with zero attached hydrogens (tertiary/aromatic N) is 1. The van der Waals surface area contributed by atoms with Gasteiger partial charge in [-0.25, -0.2) is 4.79 Å². The third-order valence-electron chi connectivity index (χ3n) is 4.40. The molecule has 1 amide bonds. The second-order valence-electron chi connectivity index (χ2n) is 6.59. The van der Waals surface area contributed by atoms with E-state index in [-0.39, 0.29) is 12.0 Å². The molecule has 5 heteroatoms. The van der Waals surface area contributed by atoms with Crippen molar-refractivity contribution in [3.63, 3.8) is 0 Å². The zero-order valence-electron chi connectivity index (χ0n) is 14.7. The standard InChI is InChI=1S/C20H23NO4/c1-14-4-3-5-16(10-14)12-19(22)21-8-6-17(7-9-21)25-18-11-15(2)24-20(23)13-18/h3-5,10-11,13,17H,6-9,12H2,1-2H3. The van der Waals surface area contributed by atoms with E-state index >= 15 is 0 Å². The van der Waals surface area contributed by atoms with Crippen LogP contribution < -0.4 is 10.4 Å². The van der Waals surface area contributed by atoms with Crippen molar-refractivity contribution in [2.45, 2.75) is 39.2 Å². The Bertz CT molecular complexity index is 803. The average Bonchev–Trinajstić information content (AvgIpc) is 2.54. The fourth-order valence-corrected chi connectivity index (χ4v) is 3.17. The Morgan fingerprint density at radius 3 is 2.64 bits per heavy atom. The van der Waals surface area contributed by atoms with Gasteiger partial charge in [-0.2, -0.15) is 0 Å². The number of carbonyl (C=O) groups excluding carboxylic acids is 1. The molecule has 0 bridgehead atoms. The van der Waals surface area contributed by atoms with E-state index in [2.05, 4.69) is 6.07 Å². The van der Waals surface area contributed by atoms with Crippen molar-refractivity contribution in [2.75, 3.05) is 13.1 Å². The SMILES string of the molecule is Cc1cccc(CC(=O)N2CCC(Oc3cc(C)oc(=O)c3)CC2)c1. The van der Waals surface area contributed by atoms with Crippen molar-refractivity contribution in [2.24, 2.45) is 0 Å². The van der Waals surface area contributed by atoms with Crippen molar-refractivity contribution in [3.8, 4) is 5.75 Å². The molecule has 2 heterocycles. The molecule has 132 valence electrons. The third kappa shape index (κ3) is 4.72. The monoisotopic (exact) mass is 341 g/mol. The fourth-order valence-electron chi connectivity index (χ4n) is 3.17. The summed E-state index contributed by atoms with van der Waals surface area (Å²) in [6.07, 6.45) is 1.98. The predicted molar refractivity (Wildman–Crippen MR) is 94.8 cm³/mol. The molecule has 1 aliphatic heterocycles. The molecular formula is C20H23NO4. The molecule has 3 rings (SSSR count). The molecule has 1 saturated heterocycles. The largest absolute Gasteiger partial charge is 0.490 e. The van der Waals surface area contributed by atoms with E-state index in [4.69, 9.17) is 9.15 Å². The molecule has 25 heavy (non-hydrogen) atoms. The molecule has 0 atom stereocenters. The van der Waals surface area contributed by atoms with Gasteiger partial charge in [0.15, 0.2) is 0 Å². The van der Waals surface area contributed by atoms with Crippen LogP contribution >= 0.6 is 0 Å². The topological polar surface area (TPSA) is 59.8 Å². The van der Waals surface area contributed by atoms with Crippen LogP contribution in [-0.2, 0) is 11.2 Å². The summed E-state index contributed by atoms with van der Waals surface area (Å²) in [6, 6.07) is 11.1. The Balaban J connectivity index is 1.52. The summed E-state index contributed by atoms with van der Waals surface area (Å²) in [5, 5.41) is 0. The molecule has 0 radical (unpaired) electrons. The Kier molecular flexibility index (Phi) is 5.22. The highest BCUT2D eigenvalue weighted by molar-refractivity contribution is 5.78. The molecule has 1 aromatic heterocycles. The Hall–Kier alpha value is -2.56. The van der Waals surface area contributed by atoms with Gasteiger partial charge < -0.3 is 14.1 Å². The van der Waals surface area contributed by atoms with Crippen LogP contribution in [0.2, 0.25) is 0 Å². The normalized spacial score (nSPS) is 15.2. The molecule has 0 aliphatic carbocycles. The Morgan fingerprint density at radius 1 is 1.20 bits per heavy atom. The summed E-state index contributed by atoms with van der Waals surface area (Å²) in [4.78, 5) is 25.8. The highest BCUT2D eigenvalue weighted by atomic mass is 16.5. The van der Waals surface area contributed by atoms with E-state index in [0.717, 1.165) is 18.4 Å². The van der Waals surface area contributed by atoms with E-state index in [1.165, 1.54) is 11.6 Å². The van der Waals surface area contributed by atoms with Crippen LogP contribution in [0.25, 0.3) is 0 Å². The first-order valence-electron chi connectivity index (χ1n) is 8.61. The third-order valence-corrected chi connectivity index (χ3v) is 4.40. The molecule has 1 aliphatic rings. The summed E-state index contributed by atoms with van der Waals surface area (Å²) < 4.78 is 10.8. The average molecular weight is 341 g/mol. The number of aryl methyl sites for hydroxylation is 2. The van der Waals surface area contributed by atoms with Gasteiger partial charge in [0.05, 0.1) is 12.5 Å². The summed E-state index contributed by atoms with van der Waals surface area (Å²) in [6.45, 7) is 5.11. The lowest BCUT2D eigenvalue weighted by Gasteiger charge is -2.32. The number of hydrogen-bond acceptors (Lipinski definition) is 4. The summed E-state index contributed by atoms with van der Waals surface area (Å²) in [5.74, 6) is 1.23. The first-order chi connectivity index (χ1) is 12.0. The summed E-state index contributed by atoms with van der Waals surface area (Å²) in [5.41, 5.74) is 1.82. The zero-order valence-corrected chi connectivity index (χ0v) is 14.7. The van der Waals surface area contributed by atoms with Gasteiger partial charge in [0, 0.05) is 32.0 Å². The molecule has 0 unspecified atom stereocenters. The van der Waals surface area contributed by atoms with E-state index < -0.39 is 5.63 Å². The smallest absolute Gasteiger partial charge is 0.339 e. The van der Waals surface area contributed by atoms with Crippen molar-refractivity contribution < 1.29 is 13.9 Å². The van der Waals surface area contributed by atoms with Gasteiger partial charge in [0.1, 0.15) is 17.6 Å². The second-order valence-corrected chi connectivity index (χ2v) is 6.59. The van der Waals surface area contributed by atoms with Gasteiger partial charge >= 0.3 is 5.63 Å². The number of amides is 1. The maximum atomic E-state index is 12.5. The number of ether oxygens (including phenoxy) is 1. The molecule has 0 N–H and O–H groups in total.